The molecule has 2 N–H and O–H groups in total. The van der Waals surface area contributed by atoms with Gasteiger partial charge >= 0.3 is 5.97 Å². The molecular weight excluding hydrogens is 378 g/mol. The molecule has 1 fully saturated rings. The zero-order valence-corrected chi connectivity index (χ0v) is 16.7. The molecule has 3 aromatic rings. The average Bonchev–Trinajstić information content (AvgIpc) is 3.35. The van der Waals surface area contributed by atoms with Gasteiger partial charge in [0.1, 0.15) is 5.82 Å². The maximum absolute atomic E-state index is 12.8. The third-order valence-electron chi connectivity index (χ3n) is 5.11. The Morgan fingerprint density at radius 3 is 2.50 bits per heavy atom. The van der Waals surface area contributed by atoms with E-state index < -0.39 is 20.6 Å². The van der Waals surface area contributed by atoms with Gasteiger partial charge in [0.2, 0.25) is 0 Å². The number of carbonyl (C=O) groups is 1. The van der Waals surface area contributed by atoms with Gasteiger partial charge in [-0.05, 0) is 43.2 Å². The third kappa shape index (κ3) is 2.79. The van der Waals surface area contributed by atoms with Crippen LogP contribution in [-0.4, -0.2) is 39.2 Å². The Kier molecular flexibility index (Phi) is 3.91. The molecule has 28 heavy (non-hydrogen) atoms. The van der Waals surface area contributed by atoms with Gasteiger partial charge < -0.3 is 10.1 Å². The molecule has 0 spiro atoms. The van der Waals surface area contributed by atoms with Crippen LogP contribution in [0.4, 0.5) is 0 Å². The van der Waals surface area contributed by atoms with Crippen LogP contribution in [0.5, 0.6) is 0 Å². The van der Waals surface area contributed by atoms with Crippen LogP contribution in [0.1, 0.15) is 39.4 Å². The third-order valence-corrected chi connectivity index (χ3v) is 7.60. The van der Waals surface area contributed by atoms with E-state index in [1.54, 1.807) is 18.3 Å². The Bertz CT molecular complexity index is 1200. The van der Waals surface area contributed by atoms with Crippen LogP contribution in [0, 0.1) is 0 Å². The first-order chi connectivity index (χ1) is 13.0. The molecule has 1 saturated carbocycles. The molecule has 4 rings (SSSR count). The smallest absolute Gasteiger partial charge is 0.325 e. The minimum atomic E-state index is -3.94. The number of carboxylic acids is 1. The fourth-order valence-electron chi connectivity index (χ4n) is 3.22. The summed E-state index contributed by atoms with van der Waals surface area (Å²) < 4.78 is 24.0. The van der Waals surface area contributed by atoms with Gasteiger partial charge in [0.15, 0.2) is 14.6 Å². The second-order valence-electron chi connectivity index (χ2n) is 8.25. The summed E-state index contributed by atoms with van der Waals surface area (Å²) >= 11 is 0. The van der Waals surface area contributed by atoms with Gasteiger partial charge in [-0.3, -0.25) is 4.79 Å². The van der Waals surface area contributed by atoms with Crippen LogP contribution < -0.4 is 0 Å². The Balaban J connectivity index is 1.77. The van der Waals surface area contributed by atoms with Crippen molar-refractivity contribution in [1.29, 1.82) is 0 Å². The number of nitrogens with one attached hydrogen (secondary N) is 1. The fraction of sp³-hybridized carbons (Fsp3) is 0.350. The van der Waals surface area contributed by atoms with E-state index in [-0.39, 0.29) is 23.2 Å². The van der Waals surface area contributed by atoms with Gasteiger partial charge in [-0.15, -0.1) is 0 Å². The van der Waals surface area contributed by atoms with Crippen LogP contribution in [-0.2, 0) is 20.0 Å². The van der Waals surface area contributed by atoms with Crippen molar-refractivity contribution in [2.75, 3.05) is 0 Å². The number of hydrogen-bond donors (Lipinski definition) is 2. The van der Waals surface area contributed by atoms with E-state index in [2.05, 4.69) is 15.0 Å². The summed E-state index contributed by atoms with van der Waals surface area (Å²) in [5.74, 6) is -0.567. The summed E-state index contributed by atoms with van der Waals surface area (Å²) in [6, 6.07) is 8.27. The maximum atomic E-state index is 12.8. The number of fused-ring (bicyclic) bond motifs is 1. The fourth-order valence-corrected chi connectivity index (χ4v) is 5.07. The Morgan fingerprint density at radius 1 is 1.18 bits per heavy atom. The van der Waals surface area contributed by atoms with E-state index in [9.17, 15) is 18.3 Å². The van der Waals surface area contributed by atoms with Gasteiger partial charge in [-0.25, -0.2) is 18.4 Å². The predicted octanol–water partition coefficient (Wildman–Crippen LogP) is 3.31. The number of carboxylic acid groups (broad SMARTS) is 1. The Morgan fingerprint density at radius 2 is 1.89 bits per heavy atom. The molecule has 8 heteroatoms. The summed E-state index contributed by atoms with van der Waals surface area (Å²) in [4.78, 5) is 23.7. The summed E-state index contributed by atoms with van der Waals surface area (Å²) in [7, 11) is -3.94. The van der Waals surface area contributed by atoms with Crippen molar-refractivity contribution < 1.29 is 18.3 Å². The van der Waals surface area contributed by atoms with Gasteiger partial charge in [-0.2, -0.15) is 0 Å². The molecule has 0 bridgehead atoms. The molecule has 0 atom stereocenters. The van der Waals surface area contributed by atoms with E-state index in [1.807, 2.05) is 26.8 Å². The highest BCUT2D eigenvalue weighted by atomic mass is 32.2. The Labute approximate surface area is 162 Å². The van der Waals surface area contributed by atoms with E-state index in [0.717, 1.165) is 11.2 Å². The molecule has 0 saturated heterocycles. The summed E-state index contributed by atoms with van der Waals surface area (Å²) in [5.41, 5.74) is 2.02. The quantitative estimate of drug-likeness (QED) is 0.696. The van der Waals surface area contributed by atoms with Gasteiger partial charge in [0.25, 0.3) is 0 Å². The van der Waals surface area contributed by atoms with Crippen molar-refractivity contribution in [1.82, 2.24) is 15.0 Å². The summed E-state index contributed by atoms with van der Waals surface area (Å²) in [5, 5.41) is 10.0. The highest BCUT2D eigenvalue weighted by Crippen LogP contribution is 2.47. The minimum Gasteiger partial charge on any atom is -0.480 e. The lowest BCUT2D eigenvalue weighted by Gasteiger charge is -2.16. The van der Waals surface area contributed by atoms with Crippen LogP contribution in [0.2, 0.25) is 0 Å². The van der Waals surface area contributed by atoms with Gasteiger partial charge in [0, 0.05) is 22.5 Å². The number of H-pyrrole nitrogens is 1. The normalized spacial score (nSPS) is 16.2. The second kappa shape index (κ2) is 5.88. The maximum Gasteiger partial charge on any atom is 0.325 e. The van der Waals surface area contributed by atoms with Crippen LogP contribution in [0.25, 0.3) is 22.3 Å². The minimum absolute atomic E-state index is 0.0310. The standard InChI is InChI=1S/C20H21N3O4S/c1-19(2,3)17-21-9-6-15(23-17)16-11-12-10-13(4-5-14(12)22-16)28(26,27)20(7-8-20)18(24)25/h4-6,9-11,22H,7-8H2,1-3H3,(H,24,25). The van der Waals surface area contributed by atoms with Crippen LogP contribution >= 0.6 is 0 Å². The Hall–Kier alpha value is -2.74. The van der Waals surface area contributed by atoms with Crippen LogP contribution in [0.15, 0.2) is 41.4 Å². The highest BCUT2D eigenvalue weighted by molar-refractivity contribution is 7.94. The molecule has 146 valence electrons. The SMILES string of the molecule is CC(C)(C)c1nccc(-c2cc3cc(S(=O)(=O)C4(C(=O)O)CC4)ccc3[nH]2)n1. The largest absolute Gasteiger partial charge is 0.480 e. The number of benzene rings is 1. The molecule has 1 aliphatic rings. The number of aromatic amines is 1. The van der Waals surface area contributed by atoms with Crippen molar-refractivity contribution in [3.05, 3.63) is 42.4 Å². The van der Waals surface area contributed by atoms with Crippen molar-refractivity contribution >= 4 is 26.7 Å². The zero-order chi connectivity index (χ0) is 20.3. The first-order valence-electron chi connectivity index (χ1n) is 8.99. The number of aromatic nitrogens is 3. The molecular formula is C20H21N3O4S. The molecule has 2 aromatic heterocycles. The van der Waals surface area contributed by atoms with Crippen molar-refractivity contribution in [2.45, 2.75) is 48.7 Å². The molecule has 7 nitrogen and oxygen atoms in total. The lowest BCUT2D eigenvalue weighted by Crippen LogP contribution is -2.32. The lowest BCUT2D eigenvalue weighted by molar-refractivity contribution is -0.137. The number of nitrogens with zero attached hydrogens (tertiary/aromatic N) is 2. The van der Waals surface area contributed by atoms with Crippen LogP contribution in [0.3, 0.4) is 0 Å². The molecule has 0 aliphatic heterocycles. The monoisotopic (exact) mass is 399 g/mol. The van der Waals surface area contributed by atoms with E-state index in [0.29, 0.717) is 16.9 Å². The molecule has 0 amide bonds. The van der Waals surface area contributed by atoms with E-state index >= 15 is 0 Å². The van der Waals surface area contributed by atoms with E-state index in [4.69, 9.17) is 0 Å². The average molecular weight is 399 g/mol. The van der Waals surface area contributed by atoms with Gasteiger partial charge in [-0.1, -0.05) is 20.8 Å². The second-order valence-corrected chi connectivity index (χ2v) is 10.5. The molecule has 0 radical (unpaired) electrons. The highest BCUT2D eigenvalue weighted by Gasteiger charge is 2.61. The lowest BCUT2D eigenvalue weighted by atomic mass is 9.95. The van der Waals surface area contributed by atoms with Crippen molar-refractivity contribution in [3.63, 3.8) is 0 Å². The number of sulfone groups is 1. The van der Waals surface area contributed by atoms with Gasteiger partial charge in [0.05, 0.1) is 16.3 Å². The molecule has 0 unspecified atom stereocenters. The van der Waals surface area contributed by atoms with Crippen molar-refractivity contribution in [2.24, 2.45) is 0 Å². The summed E-state index contributed by atoms with van der Waals surface area (Å²) in [6.45, 7) is 6.10. The van der Waals surface area contributed by atoms with E-state index in [1.165, 1.54) is 12.1 Å². The molecule has 2 heterocycles. The molecule has 1 aliphatic carbocycles. The predicted molar refractivity (Wildman–Crippen MR) is 105 cm³/mol. The first-order valence-corrected chi connectivity index (χ1v) is 10.5. The summed E-state index contributed by atoms with van der Waals surface area (Å²) in [6.07, 6.45) is 2.00. The first kappa shape index (κ1) is 18.6. The van der Waals surface area contributed by atoms with Crippen molar-refractivity contribution in [3.8, 4) is 11.4 Å². The number of aliphatic carboxylic acids is 1. The zero-order valence-electron chi connectivity index (χ0n) is 15.9. The molecule has 1 aromatic carbocycles. The topological polar surface area (TPSA) is 113 Å². The number of rotatable bonds is 4. The number of hydrogen-bond acceptors (Lipinski definition) is 5.